The van der Waals surface area contributed by atoms with Crippen molar-refractivity contribution in [2.75, 3.05) is 0 Å². The van der Waals surface area contributed by atoms with Crippen LogP contribution < -0.4 is 5.32 Å². The Morgan fingerprint density at radius 3 is 2.51 bits per heavy atom. The van der Waals surface area contributed by atoms with Crippen LogP contribution in [0.15, 0.2) is 185 Å². The molecule has 1 N–H and O–H groups in total. The zero-order valence-corrected chi connectivity index (χ0v) is 33.4. The molecule has 1 saturated carbocycles. The number of aryl methyl sites for hydroxylation is 1. The molecule has 1 fully saturated rings. The van der Waals surface area contributed by atoms with Crippen molar-refractivity contribution in [1.29, 1.82) is 0 Å². The molecule has 0 amide bonds. The Labute approximate surface area is 346 Å². The van der Waals surface area contributed by atoms with Gasteiger partial charge in [-0.2, -0.15) is 0 Å². The van der Waals surface area contributed by atoms with Crippen molar-refractivity contribution in [3.05, 3.63) is 214 Å². The third-order valence-electron chi connectivity index (χ3n) is 13.6. The number of rotatable bonds is 6. The predicted molar refractivity (Wildman–Crippen MR) is 245 cm³/mol. The number of benzene rings is 4. The molecule has 5 unspecified atom stereocenters. The zero-order valence-electron chi connectivity index (χ0n) is 33.4. The molecule has 2 aliphatic heterocycles. The van der Waals surface area contributed by atoms with Crippen LogP contribution in [0.2, 0.25) is 0 Å². The number of amidine groups is 1. The quantitative estimate of drug-likeness (QED) is 0.184. The summed E-state index contributed by atoms with van der Waals surface area (Å²) in [6.45, 7) is 2.22. The van der Waals surface area contributed by atoms with E-state index in [9.17, 15) is 0 Å². The van der Waals surface area contributed by atoms with Gasteiger partial charge in [-0.25, -0.2) is 0 Å². The van der Waals surface area contributed by atoms with Gasteiger partial charge in [0.1, 0.15) is 5.84 Å². The molecule has 59 heavy (non-hydrogen) atoms. The summed E-state index contributed by atoms with van der Waals surface area (Å²) < 4.78 is 2.44. The molecule has 286 valence electrons. The van der Waals surface area contributed by atoms with E-state index in [0.29, 0.717) is 17.8 Å². The van der Waals surface area contributed by atoms with Crippen LogP contribution in [0.5, 0.6) is 0 Å². The van der Waals surface area contributed by atoms with E-state index in [-0.39, 0.29) is 12.0 Å². The van der Waals surface area contributed by atoms with Gasteiger partial charge in [-0.05, 0) is 114 Å². The molecule has 0 spiro atoms. The highest BCUT2D eigenvalue weighted by molar-refractivity contribution is 6.27. The zero-order chi connectivity index (χ0) is 39.0. The minimum Gasteiger partial charge on any atom is -0.340 e. The number of fused-ring (bicyclic) bond motifs is 6. The second-order valence-electron chi connectivity index (χ2n) is 17.2. The monoisotopic (exact) mass is 762 g/mol. The first kappa shape index (κ1) is 34.5. The molecule has 1 aromatic heterocycles. The van der Waals surface area contributed by atoms with Gasteiger partial charge in [-0.3, -0.25) is 9.98 Å². The summed E-state index contributed by atoms with van der Waals surface area (Å²) in [7, 11) is 0. The lowest BCUT2D eigenvalue weighted by atomic mass is 9.65. The second kappa shape index (κ2) is 13.8. The molecule has 4 heteroatoms. The van der Waals surface area contributed by atoms with Crippen LogP contribution in [0.3, 0.4) is 0 Å². The van der Waals surface area contributed by atoms with Crippen LogP contribution >= 0.6 is 0 Å². The molecule has 0 saturated heterocycles. The van der Waals surface area contributed by atoms with Crippen LogP contribution in [-0.4, -0.2) is 16.1 Å². The van der Waals surface area contributed by atoms with Crippen molar-refractivity contribution in [3.63, 3.8) is 0 Å². The Morgan fingerprint density at radius 2 is 1.63 bits per heavy atom. The van der Waals surface area contributed by atoms with Crippen molar-refractivity contribution in [2.45, 2.75) is 51.0 Å². The van der Waals surface area contributed by atoms with Crippen molar-refractivity contribution in [3.8, 4) is 5.69 Å². The molecule has 3 heterocycles. The average molecular weight is 763 g/mol. The molecule has 5 aromatic rings. The van der Waals surface area contributed by atoms with Crippen molar-refractivity contribution < 1.29 is 0 Å². The summed E-state index contributed by atoms with van der Waals surface area (Å²) in [5, 5.41) is 5.30. The van der Waals surface area contributed by atoms with E-state index in [0.717, 1.165) is 42.8 Å². The third kappa shape index (κ3) is 5.79. The fourth-order valence-electron chi connectivity index (χ4n) is 10.7. The molecule has 12 rings (SSSR count). The van der Waals surface area contributed by atoms with E-state index < -0.39 is 0 Å². The van der Waals surface area contributed by atoms with Gasteiger partial charge < -0.3 is 9.88 Å². The molecule has 0 radical (unpaired) electrons. The number of aromatic nitrogens is 1. The lowest BCUT2D eigenvalue weighted by molar-refractivity contribution is 0.611. The smallest absolute Gasteiger partial charge is 0.134 e. The standard InChI is InChI=1S/C55H46N4/c1-34-19-28-45-47(31-34)53(44-16-6-5-15-43(44)52(45)37-11-3-2-4-12-37)55-57-48(35-20-22-38(23-21-35)54-46-32-39(46)29-30-56-54)33-49(58-55)36-24-26-40(27-25-36)59-50-17-9-7-13-41(50)42-14-8-10-18-51(42)59/h2-3,5-7,9-11,13,15-31,33,39,45-46,49,52H,4,8,12,14,32H2,1H3,(H,57,58). The highest BCUT2D eigenvalue weighted by atomic mass is 15.0. The fraction of sp³-hybridized carbons (Fsp3) is 0.200. The van der Waals surface area contributed by atoms with Gasteiger partial charge >= 0.3 is 0 Å². The largest absolute Gasteiger partial charge is 0.340 e. The highest BCUT2D eigenvalue weighted by Gasteiger charge is 2.41. The summed E-state index contributed by atoms with van der Waals surface area (Å²) in [5.41, 5.74) is 19.0. The average Bonchev–Trinajstić information content (AvgIpc) is 4.03. The number of para-hydroxylation sites is 1. The van der Waals surface area contributed by atoms with Gasteiger partial charge in [-0.15, -0.1) is 0 Å². The number of hydrogen-bond acceptors (Lipinski definition) is 3. The van der Waals surface area contributed by atoms with Gasteiger partial charge in [0.15, 0.2) is 0 Å². The van der Waals surface area contributed by atoms with Gasteiger partial charge in [-0.1, -0.05) is 139 Å². The van der Waals surface area contributed by atoms with Gasteiger partial charge in [0.25, 0.3) is 0 Å². The molecule has 7 aliphatic rings. The van der Waals surface area contributed by atoms with Crippen molar-refractivity contribution >= 4 is 39.8 Å². The van der Waals surface area contributed by atoms with E-state index in [4.69, 9.17) is 9.98 Å². The number of nitrogens with one attached hydrogen (secondary N) is 1. The first-order valence-corrected chi connectivity index (χ1v) is 21.5. The van der Waals surface area contributed by atoms with Crippen LogP contribution in [0.1, 0.15) is 83.6 Å². The maximum Gasteiger partial charge on any atom is 0.134 e. The minimum atomic E-state index is -0.183. The normalized spacial score (nSPS) is 24.8. The minimum absolute atomic E-state index is 0.183. The van der Waals surface area contributed by atoms with Gasteiger partial charge in [0.2, 0.25) is 0 Å². The molecule has 4 nitrogen and oxygen atoms in total. The number of nitrogens with zero attached hydrogens (tertiary/aromatic N) is 3. The molecule has 0 bridgehead atoms. The topological polar surface area (TPSA) is 41.7 Å². The maximum atomic E-state index is 5.67. The van der Waals surface area contributed by atoms with Gasteiger partial charge in [0.05, 0.1) is 17.3 Å². The summed E-state index contributed by atoms with van der Waals surface area (Å²) in [6, 6.07) is 36.0. The van der Waals surface area contributed by atoms with Crippen molar-refractivity contribution in [1.82, 2.24) is 9.88 Å². The molecule has 4 aromatic carbocycles. The Kier molecular flexibility index (Phi) is 8.08. The van der Waals surface area contributed by atoms with Crippen molar-refractivity contribution in [2.24, 2.45) is 27.7 Å². The first-order valence-electron chi connectivity index (χ1n) is 21.5. The van der Waals surface area contributed by atoms with E-state index >= 15 is 0 Å². The molecule has 5 aliphatic carbocycles. The Balaban J connectivity index is 0.988. The summed E-state index contributed by atoms with van der Waals surface area (Å²) in [5.74, 6) is 2.67. The highest BCUT2D eigenvalue weighted by Crippen LogP contribution is 2.51. The van der Waals surface area contributed by atoms with E-state index in [1.165, 1.54) is 84.5 Å². The first-order chi connectivity index (χ1) is 29.2. The summed E-state index contributed by atoms with van der Waals surface area (Å²) >= 11 is 0. The molecular formula is C55H46N4. The Morgan fingerprint density at radius 1 is 0.797 bits per heavy atom. The summed E-state index contributed by atoms with van der Waals surface area (Å²) in [6.07, 6.45) is 30.9. The fourth-order valence-corrected chi connectivity index (χ4v) is 10.7. The Bertz CT molecular complexity index is 2890. The van der Waals surface area contributed by atoms with E-state index in [1.54, 1.807) is 0 Å². The maximum absolute atomic E-state index is 5.67. The Hall–Kier alpha value is -6.52. The number of aliphatic imine (C=N–C) groups is 2. The lowest BCUT2D eigenvalue weighted by Gasteiger charge is -2.39. The number of allylic oxidation sites excluding steroid dienone is 11. The van der Waals surface area contributed by atoms with Crippen LogP contribution in [-0.2, 0) is 6.42 Å². The molecule has 5 atom stereocenters. The lowest BCUT2D eigenvalue weighted by Crippen LogP contribution is -2.33. The van der Waals surface area contributed by atoms with E-state index in [2.05, 4.69) is 175 Å². The number of hydrogen-bond donors (Lipinski definition) is 1. The second-order valence-corrected chi connectivity index (χ2v) is 17.2. The van der Waals surface area contributed by atoms with Crippen LogP contribution in [0, 0.1) is 17.8 Å². The SMILES string of the molecule is CC1=CC2=C(C3=NC(c4ccc(-n5c6c(c7ccccc75)CCC=C6)cc4)C=C(c4ccc(C5=NC=CC6CC56)cc4)N3)c3ccccc3C(C3=CC=CCC3)C2C=C1. The van der Waals surface area contributed by atoms with Gasteiger partial charge in [0, 0.05) is 52.0 Å². The molecular weight excluding hydrogens is 717 g/mol. The van der Waals surface area contributed by atoms with E-state index in [1.807, 2.05) is 6.20 Å². The summed E-state index contributed by atoms with van der Waals surface area (Å²) in [4.78, 5) is 10.5. The predicted octanol–water partition coefficient (Wildman–Crippen LogP) is 12.6. The van der Waals surface area contributed by atoms with Crippen LogP contribution in [0.4, 0.5) is 0 Å². The van der Waals surface area contributed by atoms with Crippen LogP contribution in [0.25, 0.3) is 33.9 Å². The third-order valence-corrected chi connectivity index (χ3v) is 13.6.